The minimum Gasteiger partial charge on any atom is -0.508 e. The van der Waals surface area contributed by atoms with Crippen molar-refractivity contribution in [3.05, 3.63) is 77.2 Å². The molecule has 1 heterocycles. The molecule has 106 valence electrons. The maximum absolute atomic E-state index is 13.6. The normalized spacial score (nSPS) is 10.7. The van der Waals surface area contributed by atoms with Crippen molar-refractivity contribution < 1.29 is 14.0 Å². The number of aromatic nitrogens is 2. The molecule has 4 nitrogen and oxygen atoms in total. The van der Waals surface area contributed by atoms with Gasteiger partial charge in [-0.25, -0.2) is 4.39 Å². The zero-order valence-electron chi connectivity index (χ0n) is 11.2. The molecule has 0 saturated carbocycles. The lowest BCUT2D eigenvalue weighted by Gasteiger charge is -1.99. The van der Waals surface area contributed by atoms with E-state index in [1.165, 1.54) is 6.07 Å². The molecule has 3 rings (SSSR count). The van der Waals surface area contributed by atoms with E-state index < -0.39 is 0 Å². The number of aromatic hydroxyl groups is 1. The van der Waals surface area contributed by atoms with Crippen molar-refractivity contribution in [1.82, 2.24) is 10.1 Å². The van der Waals surface area contributed by atoms with Crippen LogP contribution in [0.1, 0.15) is 22.8 Å². The van der Waals surface area contributed by atoms with Gasteiger partial charge in [0.2, 0.25) is 5.89 Å². The van der Waals surface area contributed by atoms with Crippen LogP contribution >= 0.6 is 0 Å². The lowest BCUT2D eigenvalue weighted by Crippen LogP contribution is -1.95. The molecule has 0 unspecified atom stereocenters. The molecule has 5 heteroatoms. The van der Waals surface area contributed by atoms with Crippen LogP contribution < -0.4 is 0 Å². The second-order valence-corrected chi connectivity index (χ2v) is 4.68. The first kappa shape index (κ1) is 13.3. The maximum atomic E-state index is 13.6. The number of phenols is 1. The Morgan fingerprint density at radius 3 is 2.43 bits per heavy atom. The first-order valence-corrected chi connectivity index (χ1v) is 6.54. The van der Waals surface area contributed by atoms with Gasteiger partial charge < -0.3 is 9.63 Å². The molecular weight excluding hydrogens is 271 g/mol. The molecule has 0 saturated heterocycles. The highest BCUT2D eigenvalue weighted by atomic mass is 19.1. The van der Waals surface area contributed by atoms with Crippen molar-refractivity contribution in [3.8, 4) is 5.75 Å². The van der Waals surface area contributed by atoms with E-state index in [1.54, 1.807) is 36.4 Å². The zero-order valence-corrected chi connectivity index (χ0v) is 11.2. The van der Waals surface area contributed by atoms with Gasteiger partial charge in [-0.1, -0.05) is 41.6 Å². The SMILES string of the molecule is Oc1ccccc1Cc1nc(Cc2ccccc2F)no1. The van der Waals surface area contributed by atoms with Gasteiger partial charge in [0, 0.05) is 12.0 Å². The van der Waals surface area contributed by atoms with Gasteiger partial charge in [-0.3, -0.25) is 0 Å². The van der Waals surface area contributed by atoms with E-state index in [-0.39, 0.29) is 18.0 Å². The molecule has 21 heavy (non-hydrogen) atoms. The molecule has 0 bridgehead atoms. The van der Waals surface area contributed by atoms with Gasteiger partial charge in [-0.15, -0.1) is 0 Å². The van der Waals surface area contributed by atoms with Crippen molar-refractivity contribution in [2.75, 3.05) is 0 Å². The third-order valence-electron chi connectivity index (χ3n) is 3.15. The van der Waals surface area contributed by atoms with E-state index in [1.807, 2.05) is 6.07 Å². The molecule has 0 aliphatic rings. The van der Waals surface area contributed by atoms with E-state index >= 15 is 0 Å². The van der Waals surface area contributed by atoms with Gasteiger partial charge in [0.05, 0.1) is 6.42 Å². The van der Waals surface area contributed by atoms with Crippen LogP contribution in [0.5, 0.6) is 5.75 Å². The summed E-state index contributed by atoms with van der Waals surface area (Å²) in [7, 11) is 0. The molecule has 0 amide bonds. The monoisotopic (exact) mass is 284 g/mol. The summed E-state index contributed by atoms with van der Waals surface area (Å²) < 4.78 is 18.7. The van der Waals surface area contributed by atoms with E-state index in [4.69, 9.17) is 4.52 Å². The largest absolute Gasteiger partial charge is 0.508 e. The summed E-state index contributed by atoms with van der Waals surface area (Å²) in [5.74, 6) is 0.712. The number of phenolic OH excluding ortho intramolecular Hbond substituents is 1. The van der Waals surface area contributed by atoms with Crippen molar-refractivity contribution in [2.24, 2.45) is 0 Å². The summed E-state index contributed by atoms with van der Waals surface area (Å²) in [6.07, 6.45) is 0.619. The number of para-hydroxylation sites is 1. The Labute approximate surface area is 120 Å². The molecule has 0 radical (unpaired) electrons. The molecule has 2 aromatic carbocycles. The Morgan fingerprint density at radius 2 is 1.67 bits per heavy atom. The van der Waals surface area contributed by atoms with Crippen molar-refractivity contribution in [3.63, 3.8) is 0 Å². The van der Waals surface area contributed by atoms with Crippen LogP contribution in [0, 0.1) is 5.82 Å². The van der Waals surface area contributed by atoms with Crippen LogP contribution in [0.4, 0.5) is 4.39 Å². The lowest BCUT2D eigenvalue weighted by atomic mass is 10.1. The minimum absolute atomic E-state index is 0.186. The molecular formula is C16H13FN2O2. The van der Waals surface area contributed by atoms with Gasteiger partial charge >= 0.3 is 0 Å². The van der Waals surface area contributed by atoms with Gasteiger partial charge in [0.15, 0.2) is 5.82 Å². The Balaban J connectivity index is 1.75. The summed E-state index contributed by atoms with van der Waals surface area (Å²) in [5.41, 5.74) is 1.23. The summed E-state index contributed by atoms with van der Waals surface area (Å²) in [6, 6.07) is 13.5. The van der Waals surface area contributed by atoms with Crippen LogP contribution in [0.15, 0.2) is 53.1 Å². The molecule has 0 atom stereocenters. The second-order valence-electron chi connectivity index (χ2n) is 4.68. The molecule has 1 aromatic heterocycles. The minimum atomic E-state index is -0.287. The number of halogens is 1. The predicted octanol–water partition coefficient (Wildman–Crippen LogP) is 3.10. The number of rotatable bonds is 4. The molecule has 0 spiro atoms. The van der Waals surface area contributed by atoms with E-state index in [2.05, 4.69) is 10.1 Å². The Kier molecular flexibility index (Phi) is 3.64. The number of benzene rings is 2. The molecule has 0 aliphatic carbocycles. The predicted molar refractivity (Wildman–Crippen MR) is 74.4 cm³/mol. The highest BCUT2D eigenvalue weighted by Crippen LogP contribution is 2.19. The second kappa shape index (κ2) is 5.75. The third-order valence-corrected chi connectivity index (χ3v) is 3.15. The number of hydrogen-bond donors (Lipinski definition) is 1. The highest BCUT2D eigenvalue weighted by molar-refractivity contribution is 5.33. The van der Waals surface area contributed by atoms with Gasteiger partial charge in [-0.05, 0) is 17.7 Å². The van der Waals surface area contributed by atoms with Crippen LogP contribution in [-0.4, -0.2) is 15.2 Å². The van der Waals surface area contributed by atoms with Crippen molar-refractivity contribution in [1.29, 1.82) is 0 Å². The van der Waals surface area contributed by atoms with Gasteiger partial charge in [0.1, 0.15) is 11.6 Å². The summed E-state index contributed by atoms with van der Waals surface area (Å²) in [4.78, 5) is 4.23. The first-order chi connectivity index (χ1) is 10.2. The third kappa shape index (κ3) is 3.08. The fourth-order valence-electron chi connectivity index (χ4n) is 2.07. The fraction of sp³-hybridized carbons (Fsp3) is 0.125. The zero-order chi connectivity index (χ0) is 14.7. The topological polar surface area (TPSA) is 59.2 Å². The van der Waals surface area contributed by atoms with Crippen molar-refractivity contribution in [2.45, 2.75) is 12.8 Å². The van der Waals surface area contributed by atoms with Crippen LogP contribution in [0.3, 0.4) is 0 Å². The molecule has 1 N–H and O–H groups in total. The molecule has 0 fully saturated rings. The molecule has 3 aromatic rings. The van der Waals surface area contributed by atoms with E-state index in [0.29, 0.717) is 29.3 Å². The first-order valence-electron chi connectivity index (χ1n) is 6.54. The van der Waals surface area contributed by atoms with Gasteiger partial charge in [-0.2, -0.15) is 4.98 Å². The average molecular weight is 284 g/mol. The van der Waals surface area contributed by atoms with E-state index in [9.17, 15) is 9.50 Å². The smallest absolute Gasteiger partial charge is 0.231 e. The number of nitrogens with zero attached hydrogens (tertiary/aromatic N) is 2. The molecule has 0 aliphatic heterocycles. The lowest BCUT2D eigenvalue weighted by molar-refractivity contribution is 0.377. The number of hydrogen-bond acceptors (Lipinski definition) is 4. The Morgan fingerprint density at radius 1 is 0.952 bits per heavy atom. The highest BCUT2D eigenvalue weighted by Gasteiger charge is 2.11. The summed E-state index contributed by atoms with van der Waals surface area (Å²) in [5, 5.41) is 13.6. The standard InChI is InChI=1S/C16H13FN2O2/c17-13-7-3-1-5-11(13)9-15-18-16(21-19-15)10-12-6-2-4-8-14(12)20/h1-8,20H,9-10H2. The quantitative estimate of drug-likeness (QED) is 0.799. The average Bonchev–Trinajstić information content (AvgIpc) is 2.91. The maximum Gasteiger partial charge on any atom is 0.231 e. The van der Waals surface area contributed by atoms with Crippen LogP contribution in [-0.2, 0) is 12.8 Å². The fourth-order valence-corrected chi connectivity index (χ4v) is 2.07. The Hall–Kier alpha value is -2.69. The summed E-state index contributed by atoms with van der Waals surface area (Å²) in [6.45, 7) is 0. The Bertz CT molecular complexity index is 693. The van der Waals surface area contributed by atoms with Gasteiger partial charge in [0.25, 0.3) is 0 Å². The van der Waals surface area contributed by atoms with Crippen molar-refractivity contribution >= 4 is 0 Å². The van der Waals surface area contributed by atoms with Crippen LogP contribution in [0.2, 0.25) is 0 Å². The summed E-state index contributed by atoms with van der Waals surface area (Å²) >= 11 is 0. The van der Waals surface area contributed by atoms with Crippen LogP contribution in [0.25, 0.3) is 0 Å². The van der Waals surface area contributed by atoms with E-state index in [0.717, 1.165) is 0 Å².